The zero-order valence-corrected chi connectivity index (χ0v) is 30.3. The number of benzene rings is 1. The first kappa shape index (κ1) is 37.8. The van der Waals surface area contributed by atoms with Crippen LogP contribution in [0.2, 0.25) is 0 Å². The van der Waals surface area contributed by atoms with E-state index in [1.165, 1.54) is 16.8 Å². The number of aromatic nitrogens is 4. The summed E-state index contributed by atoms with van der Waals surface area (Å²) < 4.78 is 65.6. The Kier molecular flexibility index (Phi) is 10.1. The van der Waals surface area contributed by atoms with Gasteiger partial charge in [-0.1, -0.05) is 20.8 Å². The quantitative estimate of drug-likeness (QED) is 0.305. The van der Waals surface area contributed by atoms with Crippen molar-refractivity contribution in [2.75, 3.05) is 13.7 Å². The van der Waals surface area contributed by atoms with E-state index in [9.17, 15) is 36.4 Å². The van der Waals surface area contributed by atoms with Crippen molar-refractivity contribution in [3.63, 3.8) is 0 Å². The molecule has 1 aromatic heterocycles. The molecule has 5 atom stereocenters. The number of rotatable bonds is 11. The Hall–Kier alpha value is -4.42. The van der Waals surface area contributed by atoms with Crippen molar-refractivity contribution in [1.29, 1.82) is 0 Å². The summed E-state index contributed by atoms with van der Waals surface area (Å²) in [6.07, 6.45) is -3.91. The zero-order valence-electron chi connectivity index (χ0n) is 29.5. The van der Waals surface area contributed by atoms with Gasteiger partial charge < -0.3 is 25.0 Å². The minimum Gasteiger partial charge on any atom is -0.497 e. The molecule has 1 unspecified atom stereocenters. The molecular formula is C32H44F2N8O8S. The van der Waals surface area contributed by atoms with E-state index in [1.54, 1.807) is 65.8 Å². The summed E-state index contributed by atoms with van der Waals surface area (Å²) in [4.78, 5) is 57.0. The fourth-order valence-electron chi connectivity index (χ4n) is 5.99. The van der Waals surface area contributed by atoms with E-state index in [0.717, 1.165) is 0 Å². The Balaban J connectivity index is 1.45. The van der Waals surface area contributed by atoms with E-state index in [0.29, 0.717) is 24.2 Å². The van der Waals surface area contributed by atoms with Crippen LogP contribution in [0.5, 0.6) is 5.75 Å². The van der Waals surface area contributed by atoms with Crippen molar-refractivity contribution >= 4 is 33.8 Å². The van der Waals surface area contributed by atoms with Crippen LogP contribution >= 0.6 is 0 Å². The highest BCUT2D eigenvalue weighted by Crippen LogP contribution is 2.48. The molecule has 4 amide bonds. The number of nitrogens with zero attached hydrogens (tertiary/aromatic N) is 5. The normalized spacial score (nSPS) is 24.1. The lowest BCUT2D eigenvalue weighted by atomic mass is 9.85. The summed E-state index contributed by atoms with van der Waals surface area (Å²) in [5, 5.41) is 16.9. The summed E-state index contributed by atoms with van der Waals surface area (Å²) in [6.45, 7) is 9.91. The maximum Gasteiger partial charge on any atom is 0.408 e. The van der Waals surface area contributed by atoms with Crippen LogP contribution in [0.25, 0.3) is 11.4 Å². The number of methoxy groups -OCH3 is 1. The number of alkyl carbamates (subject to hydrolysis) is 1. The molecule has 2 heterocycles. The first-order valence-electron chi connectivity index (χ1n) is 16.6. The number of ether oxygens (including phenoxy) is 2. The lowest BCUT2D eigenvalue weighted by Crippen LogP contribution is -2.60. The van der Waals surface area contributed by atoms with Gasteiger partial charge in [-0.05, 0) is 74.9 Å². The molecule has 1 saturated heterocycles. The fourth-order valence-corrected chi connectivity index (χ4v) is 7.35. The van der Waals surface area contributed by atoms with Gasteiger partial charge in [-0.3, -0.25) is 19.1 Å². The number of carbonyl (C=O) groups is 4. The van der Waals surface area contributed by atoms with Crippen LogP contribution < -0.4 is 20.1 Å². The minimum absolute atomic E-state index is 0.128. The Morgan fingerprint density at radius 3 is 2.22 bits per heavy atom. The highest BCUT2D eigenvalue weighted by atomic mass is 32.2. The molecule has 3 aliphatic rings. The van der Waals surface area contributed by atoms with Gasteiger partial charge in [0, 0.05) is 18.5 Å². The van der Waals surface area contributed by atoms with Crippen LogP contribution in [0.15, 0.2) is 24.3 Å². The van der Waals surface area contributed by atoms with E-state index >= 15 is 0 Å². The van der Waals surface area contributed by atoms with Crippen LogP contribution in [0.4, 0.5) is 13.6 Å². The maximum absolute atomic E-state index is 14.3. The molecule has 51 heavy (non-hydrogen) atoms. The van der Waals surface area contributed by atoms with Crippen molar-refractivity contribution in [2.45, 2.75) is 108 Å². The fraction of sp³-hybridized carbons (Fsp3) is 0.656. The van der Waals surface area contributed by atoms with Gasteiger partial charge in [0.25, 0.3) is 5.91 Å². The van der Waals surface area contributed by atoms with Crippen LogP contribution in [-0.2, 0) is 29.1 Å². The number of tetrazole rings is 1. The van der Waals surface area contributed by atoms with Crippen LogP contribution in [0, 0.1) is 11.3 Å². The summed E-state index contributed by atoms with van der Waals surface area (Å²) >= 11 is 0. The van der Waals surface area contributed by atoms with Gasteiger partial charge in [0.1, 0.15) is 29.0 Å². The number of sulfonamides is 1. The Morgan fingerprint density at radius 2 is 1.69 bits per heavy atom. The molecule has 280 valence electrons. The molecule has 3 N–H and O–H groups in total. The number of hydrogen-bond donors (Lipinski definition) is 3. The van der Waals surface area contributed by atoms with E-state index in [1.807, 2.05) is 4.72 Å². The van der Waals surface area contributed by atoms with Gasteiger partial charge >= 0.3 is 6.09 Å². The molecule has 1 aromatic carbocycles. The summed E-state index contributed by atoms with van der Waals surface area (Å²) in [7, 11) is -2.60. The molecule has 0 radical (unpaired) electrons. The molecule has 2 aromatic rings. The lowest BCUT2D eigenvalue weighted by Gasteiger charge is -2.36. The van der Waals surface area contributed by atoms with Crippen molar-refractivity contribution in [3.8, 4) is 17.1 Å². The summed E-state index contributed by atoms with van der Waals surface area (Å²) in [5.41, 5.74) is -3.40. The SMILES string of the molecule is COc1ccc(-c2nnn([C@@H]3CC(C(=O)N[C@@]4(C(=O)NS(=O)(=O)C5CC5)C[C@H]4C(F)F)N(C(=O)[C@@H](NC(=O)OC(C)(C)C)C(C)(C)C)C3)n2)cc1. The molecule has 19 heteroatoms. The van der Waals surface area contributed by atoms with E-state index in [-0.39, 0.29) is 18.8 Å². The molecule has 2 aliphatic carbocycles. The standard InChI is InChI=1S/C32H44F2N8O8S/c1-30(2,3)23(35-29(46)50-31(4,5)6)27(44)41-16-18(42-38-25(37-40-42)17-8-10-19(49-7)11-9-17)14-22(41)26(43)36-32(15-21(32)24(33)34)28(45)39-51(47,48)20-12-13-20/h8-11,18,20-24H,12-16H2,1-7H3,(H,35,46)(H,36,43)(H,39,45)/t18-,21+,22?,23-,32+/m1/s1. The Morgan fingerprint density at radius 1 is 1.04 bits per heavy atom. The topological polar surface area (TPSA) is 204 Å². The highest BCUT2D eigenvalue weighted by Gasteiger charge is 2.67. The average Bonchev–Trinajstić information content (AvgIpc) is 3.91. The van der Waals surface area contributed by atoms with E-state index in [4.69, 9.17) is 9.47 Å². The van der Waals surface area contributed by atoms with Crippen molar-refractivity contribution in [2.24, 2.45) is 11.3 Å². The van der Waals surface area contributed by atoms with Crippen LogP contribution in [0.3, 0.4) is 0 Å². The third kappa shape index (κ3) is 8.39. The number of hydrogen-bond acceptors (Lipinski definition) is 11. The predicted molar refractivity (Wildman–Crippen MR) is 177 cm³/mol. The predicted octanol–water partition coefficient (Wildman–Crippen LogP) is 2.18. The zero-order chi connectivity index (χ0) is 37.7. The molecule has 2 saturated carbocycles. The molecular weight excluding hydrogens is 694 g/mol. The lowest BCUT2D eigenvalue weighted by molar-refractivity contribution is -0.143. The third-order valence-electron chi connectivity index (χ3n) is 9.01. The van der Waals surface area contributed by atoms with Gasteiger partial charge in [0.05, 0.1) is 24.3 Å². The van der Waals surface area contributed by atoms with Gasteiger partial charge in [-0.2, -0.15) is 4.80 Å². The first-order chi connectivity index (χ1) is 23.6. The second-order valence-corrected chi connectivity index (χ2v) is 17.2. The number of carbonyl (C=O) groups excluding carboxylic acids is 4. The van der Waals surface area contributed by atoms with E-state index < -0.39 is 92.5 Å². The Bertz CT molecular complexity index is 1770. The first-order valence-corrected chi connectivity index (χ1v) is 18.1. The largest absolute Gasteiger partial charge is 0.497 e. The van der Waals surface area contributed by atoms with Crippen molar-refractivity contribution in [3.05, 3.63) is 24.3 Å². The number of likely N-dealkylation sites (tertiary alicyclic amines) is 1. The van der Waals surface area contributed by atoms with Crippen LogP contribution in [-0.4, -0.2) is 106 Å². The minimum atomic E-state index is -4.13. The number of alkyl halides is 2. The maximum atomic E-state index is 14.3. The molecule has 16 nitrogen and oxygen atoms in total. The number of amides is 4. The number of nitrogens with one attached hydrogen (secondary N) is 3. The third-order valence-corrected chi connectivity index (χ3v) is 10.8. The van der Waals surface area contributed by atoms with Gasteiger partial charge in [0.15, 0.2) is 0 Å². The van der Waals surface area contributed by atoms with Crippen molar-refractivity contribution < 1.29 is 45.9 Å². The summed E-state index contributed by atoms with van der Waals surface area (Å²) in [5.74, 6) is -3.72. The molecule has 0 bridgehead atoms. The van der Waals surface area contributed by atoms with E-state index in [2.05, 4.69) is 26.0 Å². The highest BCUT2D eigenvalue weighted by molar-refractivity contribution is 7.91. The average molecular weight is 739 g/mol. The monoisotopic (exact) mass is 738 g/mol. The van der Waals surface area contributed by atoms with Gasteiger partial charge in [-0.15, -0.1) is 10.2 Å². The Labute approximate surface area is 294 Å². The second-order valence-electron chi connectivity index (χ2n) is 15.3. The summed E-state index contributed by atoms with van der Waals surface area (Å²) in [6, 6.07) is 3.52. The van der Waals surface area contributed by atoms with Crippen molar-refractivity contribution in [1.82, 2.24) is 40.5 Å². The van der Waals surface area contributed by atoms with Gasteiger partial charge in [-0.25, -0.2) is 22.0 Å². The second kappa shape index (κ2) is 13.6. The molecule has 0 spiro atoms. The molecule has 1 aliphatic heterocycles. The van der Waals surface area contributed by atoms with Gasteiger partial charge in [0.2, 0.25) is 34.1 Å². The number of halogens is 2. The smallest absolute Gasteiger partial charge is 0.408 e. The van der Waals surface area contributed by atoms with Crippen LogP contribution in [0.1, 0.15) is 73.3 Å². The molecule has 5 rings (SSSR count). The molecule has 3 fully saturated rings.